The van der Waals surface area contributed by atoms with Gasteiger partial charge in [0, 0.05) is 6.42 Å². The standard InChI is InChI=1S/C55H105NO5/c1-4-7-10-13-16-19-21-23-25-27-29-31-33-36-39-42-45-48-55(60)61-51(46-43-40-37-34-18-15-12-9-6-3)49-54(59)56-52(50-57)53(58)47-44-41-38-35-32-30-28-26-24-22-20-17-14-11-8-5-2/h16,19,23,25,51-53,57-58H,4-15,17-18,20-22,24,26-50H2,1-3H3,(H,56,59)/b19-16-,25-23-. The predicted molar refractivity (Wildman–Crippen MR) is 264 cm³/mol. The van der Waals surface area contributed by atoms with E-state index in [1.165, 1.54) is 186 Å². The van der Waals surface area contributed by atoms with Gasteiger partial charge in [-0.15, -0.1) is 0 Å². The van der Waals surface area contributed by atoms with Crippen molar-refractivity contribution in [2.45, 2.75) is 309 Å². The lowest BCUT2D eigenvalue weighted by Crippen LogP contribution is -2.46. The van der Waals surface area contributed by atoms with Crippen LogP contribution in [0.1, 0.15) is 290 Å². The zero-order valence-corrected chi connectivity index (χ0v) is 41.1. The Balaban J connectivity index is 4.40. The molecule has 6 nitrogen and oxygen atoms in total. The minimum Gasteiger partial charge on any atom is -0.462 e. The van der Waals surface area contributed by atoms with Gasteiger partial charge in [-0.1, -0.05) is 244 Å². The van der Waals surface area contributed by atoms with Crippen LogP contribution in [0.25, 0.3) is 0 Å². The van der Waals surface area contributed by atoms with Crippen LogP contribution in [-0.2, 0) is 14.3 Å². The van der Waals surface area contributed by atoms with Crippen molar-refractivity contribution in [3.63, 3.8) is 0 Å². The van der Waals surface area contributed by atoms with Gasteiger partial charge in [0.2, 0.25) is 5.91 Å². The van der Waals surface area contributed by atoms with Crippen molar-refractivity contribution in [1.29, 1.82) is 0 Å². The number of carbonyl (C=O) groups excluding carboxylic acids is 2. The molecule has 0 aliphatic rings. The molecule has 0 bridgehead atoms. The van der Waals surface area contributed by atoms with Crippen LogP contribution in [0.2, 0.25) is 0 Å². The van der Waals surface area contributed by atoms with Crippen LogP contribution in [-0.4, -0.2) is 46.9 Å². The number of hydrogen-bond acceptors (Lipinski definition) is 5. The number of aliphatic hydroxyl groups excluding tert-OH is 2. The van der Waals surface area contributed by atoms with Gasteiger partial charge in [0.25, 0.3) is 0 Å². The second-order valence-corrected chi connectivity index (χ2v) is 18.6. The zero-order chi connectivity index (χ0) is 44.5. The number of rotatable bonds is 49. The topological polar surface area (TPSA) is 95.9 Å². The molecule has 0 rings (SSSR count). The number of ether oxygens (including phenoxy) is 1. The fourth-order valence-corrected chi connectivity index (χ4v) is 8.40. The SMILES string of the molecule is CCCCC/C=C\C/C=C\CCCCCCCCCC(=O)OC(CCCCCCCCCCC)CC(=O)NC(CO)C(O)CCCCCCCCCCCCCCCCCC. The highest BCUT2D eigenvalue weighted by Crippen LogP contribution is 2.18. The van der Waals surface area contributed by atoms with Gasteiger partial charge in [-0.2, -0.15) is 0 Å². The maximum Gasteiger partial charge on any atom is 0.306 e. The van der Waals surface area contributed by atoms with E-state index in [0.717, 1.165) is 57.8 Å². The van der Waals surface area contributed by atoms with E-state index in [0.29, 0.717) is 19.3 Å². The van der Waals surface area contributed by atoms with Gasteiger partial charge in [-0.05, 0) is 57.8 Å². The molecule has 0 aromatic heterocycles. The van der Waals surface area contributed by atoms with Crippen LogP contribution in [0.5, 0.6) is 0 Å². The lowest BCUT2D eigenvalue weighted by Gasteiger charge is -2.24. The smallest absolute Gasteiger partial charge is 0.306 e. The average Bonchev–Trinajstić information content (AvgIpc) is 3.25. The van der Waals surface area contributed by atoms with E-state index >= 15 is 0 Å². The summed E-state index contributed by atoms with van der Waals surface area (Å²) in [6.45, 7) is 6.47. The van der Waals surface area contributed by atoms with Crippen molar-refractivity contribution in [3.05, 3.63) is 24.3 Å². The Morgan fingerprint density at radius 2 is 0.836 bits per heavy atom. The van der Waals surface area contributed by atoms with Crippen LogP contribution in [0, 0.1) is 0 Å². The van der Waals surface area contributed by atoms with Crippen molar-refractivity contribution in [1.82, 2.24) is 5.32 Å². The van der Waals surface area contributed by atoms with Gasteiger partial charge in [0.15, 0.2) is 0 Å². The van der Waals surface area contributed by atoms with Crippen molar-refractivity contribution in [2.24, 2.45) is 0 Å². The molecule has 3 unspecified atom stereocenters. The number of esters is 1. The summed E-state index contributed by atoms with van der Waals surface area (Å²) in [6, 6.07) is -0.698. The molecular formula is C55H105NO5. The van der Waals surface area contributed by atoms with E-state index < -0.39 is 18.2 Å². The first-order valence-electron chi connectivity index (χ1n) is 27.1. The van der Waals surface area contributed by atoms with Crippen LogP contribution in [0.15, 0.2) is 24.3 Å². The van der Waals surface area contributed by atoms with E-state index in [1.54, 1.807) is 0 Å². The summed E-state index contributed by atoms with van der Waals surface area (Å²) < 4.78 is 5.93. The second-order valence-electron chi connectivity index (χ2n) is 18.6. The fourth-order valence-electron chi connectivity index (χ4n) is 8.40. The summed E-state index contributed by atoms with van der Waals surface area (Å²) in [5.41, 5.74) is 0. The van der Waals surface area contributed by atoms with Crippen LogP contribution >= 0.6 is 0 Å². The molecule has 0 aliphatic heterocycles. The van der Waals surface area contributed by atoms with Gasteiger partial charge in [-0.25, -0.2) is 0 Å². The number of amides is 1. The minimum absolute atomic E-state index is 0.0793. The molecule has 0 aromatic carbocycles. The molecule has 0 heterocycles. The van der Waals surface area contributed by atoms with E-state index in [9.17, 15) is 19.8 Å². The second kappa shape index (κ2) is 49.4. The molecule has 0 aliphatic carbocycles. The Bertz CT molecular complexity index is 966. The summed E-state index contributed by atoms with van der Waals surface area (Å²) >= 11 is 0. The van der Waals surface area contributed by atoms with Gasteiger partial charge in [0.1, 0.15) is 6.10 Å². The summed E-state index contributed by atoms with van der Waals surface area (Å²) in [5, 5.41) is 23.8. The lowest BCUT2D eigenvalue weighted by atomic mass is 10.0. The highest BCUT2D eigenvalue weighted by molar-refractivity contribution is 5.77. The Morgan fingerprint density at radius 1 is 0.475 bits per heavy atom. The molecule has 3 atom stereocenters. The molecule has 0 saturated carbocycles. The number of allylic oxidation sites excluding steroid dienone is 4. The Kier molecular flexibility index (Phi) is 48.0. The van der Waals surface area contributed by atoms with Gasteiger partial charge >= 0.3 is 5.97 Å². The average molecular weight is 860 g/mol. The van der Waals surface area contributed by atoms with Gasteiger partial charge < -0.3 is 20.3 Å². The number of carbonyl (C=O) groups is 2. The Morgan fingerprint density at radius 3 is 1.28 bits per heavy atom. The van der Waals surface area contributed by atoms with Crippen molar-refractivity contribution in [2.75, 3.05) is 6.61 Å². The predicted octanol–water partition coefficient (Wildman–Crippen LogP) is 16.3. The summed E-state index contributed by atoms with van der Waals surface area (Å²) in [6.07, 6.45) is 56.7. The number of nitrogens with one attached hydrogen (secondary N) is 1. The molecule has 6 heteroatoms. The highest BCUT2D eigenvalue weighted by Gasteiger charge is 2.24. The number of aliphatic hydroxyl groups is 2. The quantitative estimate of drug-likeness (QED) is 0.0322. The highest BCUT2D eigenvalue weighted by atomic mass is 16.5. The fraction of sp³-hybridized carbons (Fsp3) is 0.891. The molecule has 0 spiro atoms. The van der Waals surface area contributed by atoms with Gasteiger partial charge in [0.05, 0.1) is 25.2 Å². The van der Waals surface area contributed by atoms with E-state index in [2.05, 4.69) is 50.4 Å². The van der Waals surface area contributed by atoms with Crippen LogP contribution in [0.3, 0.4) is 0 Å². The molecule has 61 heavy (non-hydrogen) atoms. The van der Waals surface area contributed by atoms with E-state index in [1.807, 2.05) is 0 Å². The third kappa shape index (κ3) is 44.7. The summed E-state index contributed by atoms with van der Waals surface area (Å²) in [7, 11) is 0. The molecule has 0 saturated heterocycles. The molecule has 1 amide bonds. The van der Waals surface area contributed by atoms with Crippen molar-refractivity contribution in [3.8, 4) is 0 Å². The minimum atomic E-state index is -0.784. The van der Waals surface area contributed by atoms with Gasteiger partial charge in [-0.3, -0.25) is 9.59 Å². The van der Waals surface area contributed by atoms with Crippen LogP contribution in [0.4, 0.5) is 0 Å². The maximum atomic E-state index is 13.2. The van der Waals surface area contributed by atoms with Crippen LogP contribution < -0.4 is 5.32 Å². The summed E-state index contributed by atoms with van der Waals surface area (Å²) in [4.78, 5) is 26.1. The molecular weight excluding hydrogens is 755 g/mol. The maximum absolute atomic E-state index is 13.2. The largest absolute Gasteiger partial charge is 0.462 e. The third-order valence-electron chi connectivity index (χ3n) is 12.5. The van der Waals surface area contributed by atoms with Crippen molar-refractivity contribution < 1.29 is 24.5 Å². The molecule has 3 N–H and O–H groups in total. The first-order valence-corrected chi connectivity index (χ1v) is 27.1. The zero-order valence-electron chi connectivity index (χ0n) is 41.1. The number of hydrogen-bond donors (Lipinski definition) is 3. The van der Waals surface area contributed by atoms with E-state index in [4.69, 9.17) is 4.74 Å². The Labute approximate surface area is 380 Å². The first-order chi connectivity index (χ1) is 30.0. The van der Waals surface area contributed by atoms with E-state index in [-0.39, 0.29) is 24.9 Å². The molecule has 360 valence electrons. The summed E-state index contributed by atoms with van der Waals surface area (Å²) in [5.74, 6) is -0.470. The number of unbranched alkanes of at least 4 members (excludes halogenated alkanes) is 33. The molecule has 0 radical (unpaired) electrons. The Hall–Kier alpha value is -1.66. The van der Waals surface area contributed by atoms with Crippen molar-refractivity contribution >= 4 is 11.9 Å². The normalized spacial score (nSPS) is 13.3. The lowest BCUT2D eigenvalue weighted by molar-refractivity contribution is -0.151. The monoisotopic (exact) mass is 860 g/mol. The third-order valence-corrected chi connectivity index (χ3v) is 12.5. The molecule has 0 aromatic rings. The first kappa shape index (κ1) is 59.3. The molecule has 0 fully saturated rings.